The molecular formula is C26H27Cl2N3O3S. The van der Waals surface area contributed by atoms with Crippen LogP contribution in [0.3, 0.4) is 0 Å². The fourth-order valence-corrected chi connectivity index (χ4v) is 5.03. The van der Waals surface area contributed by atoms with Crippen LogP contribution >= 0.6 is 23.2 Å². The van der Waals surface area contributed by atoms with Crippen LogP contribution in [0.5, 0.6) is 0 Å². The van der Waals surface area contributed by atoms with Crippen LogP contribution in [0.25, 0.3) is 18.2 Å². The van der Waals surface area contributed by atoms with Gasteiger partial charge in [-0.25, -0.2) is 18.1 Å². The highest BCUT2D eigenvalue weighted by Crippen LogP contribution is 2.25. The van der Waals surface area contributed by atoms with Gasteiger partial charge in [-0.2, -0.15) is 0 Å². The fraction of sp³-hybridized carbons (Fsp3) is 0.231. The van der Waals surface area contributed by atoms with E-state index in [1.54, 1.807) is 6.92 Å². The van der Waals surface area contributed by atoms with E-state index in [9.17, 15) is 13.2 Å². The summed E-state index contributed by atoms with van der Waals surface area (Å²) in [5, 5.41) is 0.790. The molecule has 0 unspecified atom stereocenters. The van der Waals surface area contributed by atoms with Crippen LogP contribution in [0.1, 0.15) is 48.0 Å². The second-order valence-corrected chi connectivity index (χ2v) is 10.6. The zero-order valence-corrected chi connectivity index (χ0v) is 21.9. The smallest absolute Gasteiger partial charge is 0.257 e. The highest BCUT2D eigenvalue weighted by atomic mass is 35.5. The van der Waals surface area contributed by atoms with Gasteiger partial charge >= 0.3 is 0 Å². The molecule has 0 aliphatic rings. The van der Waals surface area contributed by atoms with Crippen LogP contribution in [-0.2, 0) is 21.4 Å². The minimum absolute atomic E-state index is 0.101. The number of rotatable bonds is 10. The third kappa shape index (κ3) is 7.82. The Morgan fingerprint density at radius 3 is 2.46 bits per heavy atom. The van der Waals surface area contributed by atoms with Gasteiger partial charge in [0.1, 0.15) is 5.82 Å². The van der Waals surface area contributed by atoms with Crippen molar-refractivity contribution in [1.82, 2.24) is 14.3 Å². The van der Waals surface area contributed by atoms with Gasteiger partial charge in [0.15, 0.2) is 5.15 Å². The van der Waals surface area contributed by atoms with Gasteiger partial charge in [-0.1, -0.05) is 91.2 Å². The van der Waals surface area contributed by atoms with Crippen molar-refractivity contribution >= 4 is 57.4 Å². The lowest BCUT2D eigenvalue weighted by molar-refractivity contribution is -0.114. The molecule has 184 valence electrons. The minimum atomic E-state index is -3.67. The summed E-state index contributed by atoms with van der Waals surface area (Å²) >= 11 is 12.9. The maximum Gasteiger partial charge on any atom is 0.257 e. The van der Waals surface area contributed by atoms with Gasteiger partial charge in [0.05, 0.1) is 18.0 Å². The number of halogens is 2. The molecule has 1 aromatic heterocycles. The Morgan fingerprint density at radius 2 is 1.77 bits per heavy atom. The summed E-state index contributed by atoms with van der Waals surface area (Å²) in [6, 6.07) is 15.8. The van der Waals surface area contributed by atoms with Crippen molar-refractivity contribution in [2.45, 2.75) is 33.2 Å². The molecule has 6 nitrogen and oxygen atoms in total. The van der Waals surface area contributed by atoms with E-state index in [0.717, 1.165) is 22.8 Å². The fourth-order valence-electron chi connectivity index (χ4n) is 3.35. The molecule has 0 atom stereocenters. The molecule has 0 aliphatic carbocycles. The number of nitrogens with one attached hydrogen (secondary N) is 1. The third-order valence-electron chi connectivity index (χ3n) is 5.24. The second-order valence-electron chi connectivity index (χ2n) is 7.99. The first-order valence-electron chi connectivity index (χ1n) is 11.1. The molecule has 1 N–H and O–H groups in total. The summed E-state index contributed by atoms with van der Waals surface area (Å²) in [6.45, 7) is 4.05. The second kappa shape index (κ2) is 12.2. The molecule has 2 aromatic carbocycles. The first kappa shape index (κ1) is 26.7. The predicted molar refractivity (Wildman–Crippen MR) is 144 cm³/mol. The zero-order chi connectivity index (χ0) is 25.4. The van der Waals surface area contributed by atoms with Crippen LogP contribution in [0.15, 0.2) is 54.6 Å². The Hall–Kier alpha value is -2.87. The van der Waals surface area contributed by atoms with Crippen LogP contribution in [-0.4, -0.2) is 29.6 Å². The predicted octanol–water partition coefficient (Wildman–Crippen LogP) is 5.98. The Kier molecular flexibility index (Phi) is 9.32. The van der Waals surface area contributed by atoms with E-state index < -0.39 is 15.9 Å². The number of hydrogen-bond acceptors (Lipinski definition) is 4. The quantitative estimate of drug-likeness (QED) is 0.258. The summed E-state index contributed by atoms with van der Waals surface area (Å²) in [6.07, 6.45) is 7.80. The SMILES string of the molecule is CCCCS(=O)(=O)NC(=O)/C=C/c1c(Cl)nc(C)n1Cc1ccc(/C=C/c2ccccc2)cc1Cl. The molecule has 0 fully saturated rings. The topological polar surface area (TPSA) is 81.1 Å². The first-order chi connectivity index (χ1) is 16.7. The summed E-state index contributed by atoms with van der Waals surface area (Å²) in [5.74, 6) is -0.208. The van der Waals surface area contributed by atoms with Crippen LogP contribution in [0, 0.1) is 6.92 Å². The number of amides is 1. The number of hydrogen-bond donors (Lipinski definition) is 1. The molecule has 0 saturated carbocycles. The molecule has 0 saturated heterocycles. The van der Waals surface area contributed by atoms with Crippen molar-refractivity contribution in [3.63, 3.8) is 0 Å². The number of aryl methyl sites for hydroxylation is 1. The van der Waals surface area contributed by atoms with E-state index in [2.05, 4.69) is 4.98 Å². The van der Waals surface area contributed by atoms with Crippen LogP contribution < -0.4 is 4.72 Å². The maximum absolute atomic E-state index is 12.2. The molecule has 0 radical (unpaired) electrons. The molecule has 35 heavy (non-hydrogen) atoms. The standard InChI is InChI=1S/C26H27Cl2N3O3S/c1-3-4-16-35(33,34)30-25(32)15-14-24-26(28)29-19(2)31(24)18-22-13-12-21(17-23(22)27)11-10-20-8-6-5-7-9-20/h5-15,17H,3-4,16,18H2,1-2H3,(H,30,32)/b11-10+,15-14+. The normalized spacial score (nSPS) is 12.0. The van der Waals surface area contributed by atoms with E-state index in [0.29, 0.717) is 35.9 Å². The Labute approximate surface area is 216 Å². The van der Waals surface area contributed by atoms with E-state index >= 15 is 0 Å². The van der Waals surface area contributed by atoms with Crippen molar-refractivity contribution in [2.75, 3.05) is 5.75 Å². The number of sulfonamides is 1. The molecule has 9 heteroatoms. The first-order valence-corrected chi connectivity index (χ1v) is 13.6. The number of nitrogens with zero attached hydrogens (tertiary/aromatic N) is 2. The average molecular weight is 532 g/mol. The van der Waals surface area contributed by atoms with Gasteiger partial charge in [-0.05, 0) is 42.2 Å². The Morgan fingerprint density at radius 1 is 1.06 bits per heavy atom. The molecule has 0 bridgehead atoms. The molecular weight excluding hydrogens is 505 g/mol. The number of imidazole rings is 1. The summed E-state index contributed by atoms with van der Waals surface area (Å²) in [7, 11) is -3.67. The van der Waals surface area contributed by atoms with Crippen molar-refractivity contribution in [1.29, 1.82) is 0 Å². The van der Waals surface area contributed by atoms with E-state index in [1.807, 2.05) is 76.9 Å². The van der Waals surface area contributed by atoms with Gasteiger partial charge in [-0.15, -0.1) is 0 Å². The van der Waals surface area contributed by atoms with Crippen LogP contribution in [0.2, 0.25) is 10.2 Å². The third-order valence-corrected chi connectivity index (χ3v) is 7.21. The molecule has 0 aliphatic heterocycles. The Balaban J connectivity index is 1.76. The average Bonchev–Trinajstić information content (AvgIpc) is 3.08. The lowest BCUT2D eigenvalue weighted by Crippen LogP contribution is -2.31. The van der Waals surface area contributed by atoms with Gasteiger partial charge in [-0.3, -0.25) is 4.79 Å². The van der Waals surface area contributed by atoms with Gasteiger partial charge in [0, 0.05) is 11.1 Å². The van der Waals surface area contributed by atoms with Crippen molar-refractivity contribution in [3.05, 3.63) is 93.0 Å². The number of carbonyl (C=O) groups excluding carboxylic acids is 1. The summed E-state index contributed by atoms with van der Waals surface area (Å²) in [4.78, 5) is 16.4. The number of carbonyl (C=O) groups is 1. The number of aromatic nitrogens is 2. The van der Waals surface area contributed by atoms with Crippen LogP contribution in [0.4, 0.5) is 0 Å². The minimum Gasteiger partial charge on any atom is -0.323 e. The molecule has 1 heterocycles. The van der Waals surface area contributed by atoms with Gasteiger partial charge in [0.2, 0.25) is 10.0 Å². The monoisotopic (exact) mass is 531 g/mol. The number of unbranched alkanes of at least 4 members (excludes halogenated alkanes) is 1. The molecule has 3 rings (SSSR count). The summed E-state index contributed by atoms with van der Waals surface area (Å²) in [5.41, 5.74) is 3.38. The lowest BCUT2D eigenvalue weighted by Gasteiger charge is -2.11. The molecule has 1 amide bonds. The van der Waals surface area contributed by atoms with E-state index in [1.165, 1.54) is 6.08 Å². The van der Waals surface area contributed by atoms with Crippen molar-refractivity contribution < 1.29 is 13.2 Å². The molecule has 3 aromatic rings. The Bertz CT molecular complexity index is 1350. The highest BCUT2D eigenvalue weighted by Gasteiger charge is 2.15. The lowest BCUT2D eigenvalue weighted by atomic mass is 10.1. The van der Waals surface area contributed by atoms with Gasteiger partial charge in [0.25, 0.3) is 5.91 Å². The molecule has 0 spiro atoms. The van der Waals surface area contributed by atoms with E-state index in [-0.39, 0.29) is 10.9 Å². The maximum atomic E-state index is 12.2. The van der Waals surface area contributed by atoms with Crippen molar-refractivity contribution in [3.8, 4) is 0 Å². The van der Waals surface area contributed by atoms with E-state index in [4.69, 9.17) is 23.2 Å². The summed E-state index contributed by atoms with van der Waals surface area (Å²) < 4.78 is 27.8. The highest BCUT2D eigenvalue weighted by molar-refractivity contribution is 7.90. The largest absolute Gasteiger partial charge is 0.323 e. The zero-order valence-electron chi connectivity index (χ0n) is 19.5. The number of benzene rings is 2. The van der Waals surface area contributed by atoms with Gasteiger partial charge < -0.3 is 4.57 Å². The van der Waals surface area contributed by atoms with Crippen molar-refractivity contribution in [2.24, 2.45) is 0 Å².